The second-order valence-electron chi connectivity index (χ2n) is 7.34. The molecule has 1 aromatic carbocycles. The molecule has 0 radical (unpaired) electrons. The summed E-state index contributed by atoms with van der Waals surface area (Å²) in [5.41, 5.74) is 7.19. The SMILES string of the molecule is NC(=O)Cn1c(CN2CCc3sccc3[C@H]2c2cccs2)nc2ccccc2c1=O. The lowest BCUT2D eigenvalue weighted by molar-refractivity contribution is -0.118. The number of hydrogen-bond donors (Lipinski definition) is 1. The zero-order chi connectivity index (χ0) is 20.7. The van der Waals surface area contributed by atoms with Gasteiger partial charge in [-0.1, -0.05) is 18.2 Å². The molecule has 6 nitrogen and oxygen atoms in total. The summed E-state index contributed by atoms with van der Waals surface area (Å²) in [7, 11) is 0. The molecule has 0 fully saturated rings. The maximum atomic E-state index is 13.1. The van der Waals surface area contributed by atoms with Crippen LogP contribution in [0.15, 0.2) is 58.0 Å². The number of fused-ring (bicyclic) bond motifs is 2. The molecule has 4 aromatic rings. The smallest absolute Gasteiger partial charge is 0.261 e. The Hall–Kier alpha value is -2.81. The Labute approximate surface area is 181 Å². The number of rotatable bonds is 5. The Morgan fingerprint density at radius 2 is 2.00 bits per heavy atom. The average Bonchev–Trinajstić information content (AvgIpc) is 3.42. The number of aromatic nitrogens is 2. The van der Waals surface area contributed by atoms with Crippen LogP contribution in [-0.2, 0) is 24.3 Å². The van der Waals surface area contributed by atoms with E-state index in [1.165, 1.54) is 19.9 Å². The molecule has 1 amide bonds. The van der Waals surface area contributed by atoms with Crippen molar-refractivity contribution in [3.8, 4) is 0 Å². The zero-order valence-corrected chi connectivity index (χ0v) is 17.8. The van der Waals surface area contributed by atoms with Gasteiger partial charge in [-0.25, -0.2) is 4.98 Å². The number of hydrogen-bond acceptors (Lipinski definition) is 6. The molecular weight excluding hydrogens is 416 g/mol. The molecular formula is C22H20N4O2S2. The zero-order valence-electron chi connectivity index (χ0n) is 16.2. The lowest BCUT2D eigenvalue weighted by Crippen LogP contribution is -2.38. The van der Waals surface area contributed by atoms with Crippen LogP contribution < -0.4 is 11.3 Å². The average molecular weight is 437 g/mol. The summed E-state index contributed by atoms with van der Waals surface area (Å²) in [5, 5.41) is 4.73. The topological polar surface area (TPSA) is 81.2 Å². The van der Waals surface area contributed by atoms with Crippen LogP contribution in [0.2, 0.25) is 0 Å². The van der Waals surface area contributed by atoms with E-state index in [0.717, 1.165) is 13.0 Å². The third-order valence-corrected chi connectivity index (χ3v) is 7.40. The lowest BCUT2D eigenvalue weighted by Gasteiger charge is -2.35. The summed E-state index contributed by atoms with van der Waals surface area (Å²) in [6.45, 7) is 1.15. The number of amides is 1. The van der Waals surface area contributed by atoms with Crippen LogP contribution in [0.1, 0.15) is 27.2 Å². The Morgan fingerprint density at radius 1 is 1.13 bits per heavy atom. The summed E-state index contributed by atoms with van der Waals surface area (Å²) < 4.78 is 1.43. The van der Waals surface area contributed by atoms with E-state index in [4.69, 9.17) is 10.7 Å². The summed E-state index contributed by atoms with van der Waals surface area (Å²) in [6, 6.07) is 13.8. The third kappa shape index (κ3) is 3.36. The van der Waals surface area contributed by atoms with Crippen LogP contribution >= 0.6 is 22.7 Å². The molecule has 1 aliphatic rings. The molecule has 0 unspecified atom stereocenters. The van der Waals surface area contributed by atoms with Crippen molar-refractivity contribution in [1.29, 1.82) is 0 Å². The second-order valence-corrected chi connectivity index (χ2v) is 9.32. The minimum atomic E-state index is -0.552. The van der Waals surface area contributed by atoms with E-state index in [-0.39, 0.29) is 18.1 Å². The fourth-order valence-electron chi connectivity index (χ4n) is 4.15. The first kappa shape index (κ1) is 19.2. The third-order valence-electron chi connectivity index (χ3n) is 5.48. The summed E-state index contributed by atoms with van der Waals surface area (Å²) in [5.74, 6) is 0.0155. The molecule has 0 spiro atoms. The van der Waals surface area contributed by atoms with Gasteiger partial charge < -0.3 is 5.73 Å². The van der Waals surface area contributed by atoms with Crippen LogP contribution in [0.3, 0.4) is 0 Å². The number of benzene rings is 1. The molecule has 8 heteroatoms. The molecule has 1 atom stereocenters. The molecule has 0 aliphatic carbocycles. The summed E-state index contributed by atoms with van der Waals surface area (Å²) in [6.07, 6.45) is 0.961. The highest BCUT2D eigenvalue weighted by atomic mass is 32.1. The van der Waals surface area contributed by atoms with Gasteiger partial charge in [-0.15, -0.1) is 22.7 Å². The van der Waals surface area contributed by atoms with Gasteiger partial charge in [0, 0.05) is 16.3 Å². The summed E-state index contributed by atoms with van der Waals surface area (Å²) in [4.78, 5) is 34.6. The van der Waals surface area contributed by atoms with Gasteiger partial charge in [-0.2, -0.15) is 0 Å². The molecule has 0 bridgehead atoms. The van der Waals surface area contributed by atoms with Crippen LogP contribution in [0.4, 0.5) is 0 Å². The molecule has 152 valence electrons. The molecule has 2 N–H and O–H groups in total. The van der Waals surface area contributed by atoms with Crippen molar-refractivity contribution >= 4 is 39.5 Å². The van der Waals surface area contributed by atoms with Crippen molar-refractivity contribution < 1.29 is 4.79 Å². The predicted molar refractivity (Wildman–Crippen MR) is 120 cm³/mol. The van der Waals surface area contributed by atoms with Crippen molar-refractivity contribution in [3.05, 3.63) is 84.7 Å². The van der Waals surface area contributed by atoms with E-state index in [1.54, 1.807) is 34.8 Å². The first-order chi connectivity index (χ1) is 14.6. The molecule has 1 aliphatic heterocycles. The standard InChI is InChI=1S/C22H20N4O2S2/c23-19(27)12-26-20(24-16-5-2-1-4-14(16)22(26)28)13-25-9-7-17-15(8-11-30-17)21(25)18-6-3-10-29-18/h1-6,8,10-11,21H,7,9,12-13H2,(H2,23,27)/t21-/m0/s1. The monoisotopic (exact) mass is 436 g/mol. The normalized spacial score (nSPS) is 16.6. The Bertz CT molecular complexity index is 1280. The predicted octanol–water partition coefficient (Wildman–Crippen LogP) is 3.15. The first-order valence-corrected chi connectivity index (χ1v) is 11.5. The largest absolute Gasteiger partial charge is 0.368 e. The fourth-order valence-corrected chi connectivity index (χ4v) is 5.93. The van der Waals surface area contributed by atoms with Gasteiger partial charge in [-0.05, 0) is 47.0 Å². The fraction of sp³-hybridized carbons (Fsp3) is 0.227. The Morgan fingerprint density at radius 3 is 2.80 bits per heavy atom. The van der Waals surface area contributed by atoms with Crippen LogP contribution in [-0.4, -0.2) is 26.9 Å². The molecule has 3 aromatic heterocycles. The number of nitrogens with zero attached hydrogens (tertiary/aromatic N) is 3. The first-order valence-electron chi connectivity index (χ1n) is 9.72. The van der Waals surface area contributed by atoms with Crippen molar-refractivity contribution in [2.24, 2.45) is 5.73 Å². The van der Waals surface area contributed by atoms with Crippen molar-refractivity contribution in [2.45, 2.75) is 25.6 Å². The molecule has 5 rings (SSSR count). The maximum absolute atomic E-state index is 13.1. The van der Waals surface area contributed by atoms with Crippen LogP contribution in [0.5, 0.6) is 0 Å². The Kier molecular flexibility index (Phi) is 4.98. The van der Waals surface area contributed by atoms with Gasteiger partial charge >= 0.3 is 0 Å². The Balaban J connectivity index is 1.61. The maximum Gasteiger partial charge on any atom is 0.261 e. The minimum absolute atomic E-state index is 0.116. The van der Waals surface area contributed by atoms with E-state index in [2.05, 4.69) is 33.9 Å². The van der Waals surface area contributed by atoms with Crippen molar-refractivity contribution in [3.63, 3.8) is 0 Å². The van der Waals surface area contributed by atoms with Gasteiger partial charge in [0.25, 0.3) is 5.56 Å². The minimum Gasteiger partial charge on any atom is -0.368 e. The summed E-state index contributed by atoms with van der Waals surface area (Å²) >= 11 is 3.53. The van der Waals surface area contributed by atoms with Crippen LogP contribution in [0.25, 0.3) is 10.9 Å². The van der Waals surface area contributed by atoms with E-state index in [0.29, 0.717) is 23.3 Å². The van der Waals surface area contributed by atoms with E-state index in [9.17, 15) is 9.59 Å². The van der Waals surface area contributed by atoms with Gasteiger partial charge in [0.15, 0.2) is 0 Å². The number of nitrogens with two attached hydrogens (primary N) is 1. The van der Waals surface area contributed by atoms with Crippen LogP contribution in [0, 0.1) is 0 Å². The highest BCUT2D eigenvalue weighted by molar-refractivity contribution is 7.10. The van der Waals surface area contributed by atoms with Gasteiger partial charge in [0.05, 0.1) is 23.5 Å². The van der Waals surface area contributed by atoms with Crippen molar-refractivity contribution in [1.82, 2.24) is 14.5 Å². The molecule has 0 saturated carbocycles. The van der Waals surface area contributed by atoms with Gasteiger partial charge in [0.1, 0.15) is 12.4 Å². The van der Waals surface area contributed by atoms with E-state index < -0.39 is 5.91 Å². The van der Waals surface area contributed by atoms with E-state index >= 15 is 0 Å². The highest BCUT2D eigenvalue weighted by Crippen LogP contribution is 2.40. The molecule has 30 heavy (non-hydrogen) atoms. The molecule has 4 heterocycles. The second kappa shape index (κ2) is 7.79. The quantitative estimate of drug-likeness (QED) is 0.521. The number of para-hydroxylation sites is 1. The number of thiophene rings is 2. The number of carbonyl (C=O) groups excluding carboxylic acids is 1. The van der Waals surface area contributed by atoms with Crippen molar-refractivity contribution in [2.75, 3.05) is 6.54 Å². The molecule has 0 saturated heterocycles. The lowest BCUT2D eigenvalue weighted by atomic mass is 9.98. The number of primary amides is 1. The van der Waals surface area contributed by atoms with Gasteiger partial charge in [0.2, 0.25) is 5.91 Å². The highest BCUT2D eigenvalue weighted by Gasteiger charge is 2.31. The van der Waals surface area contributed by atoms with Gasteiger partial charge in [-0.3, -0.25) is 19.1 Å². The van der Waals surface area contributed by atoms with E-state index in [1.807, 2.05) is 12.1 Å². The number of carbonyl (C=O) groups is 1.